The van der Waals surface area contributed by atoms with Gasteiger partial charge >= 0.3 is 5.97 Å². The van der Waals surface area contributed by atoms with Crippen LogP contribution in [0.1, 0.15) is 17.7 Å². The standard InChI is InChI=1S/C10H11NO2/c12-10(13)8-3-4-9-7(6-8)2-1-5-11-9/h1-2,5,8H,3-4,6H2,(H,12,13)/t8-/m0/s1. The number of carbonyl (C=O) groups is 1. The molecule has 68 valence electrons. The van der Waals surface area contributed by atoms with Gasteiger partial charge in [-0.3, -0.25) is 9.78 Å². The van der Waals surface area contributed by atoms with Crippen LogP contribution in [0, 0.1) is 5.92 Å². The van der Waals surface area contributed by atoms with E-state index >= 15 is 0 Å². The third-order valence-corrected chi connectivity index (χ3v) is 2.53. The molecule has 0 saturated carbocycles. The first kappa shape index (κ1) is 8.23. The molecular weight excluding hydrogens is 166 g/mol. The Labute approximate surface area is 76.4 Å². The largest absolute Gasteiger partial charge is 0.481 e. The molecule has 0 spiro atoms. The second kappa shape index (κ2) is 3.17. The van der Waals surface area contributed by atoms with Crippen molar-refractivity contribution in [2.75, 3.05) is 0 Å². The summed E-state index contributed by atoms with van der Waals surface area (Å²) in [5.74, 6) is -0.897. The molecule has 0 aromatic carbocycles. The van der Waals surface area contributed by atoms with Crippen molar-refractivity contribution in [1.82, 2.24) is 4.98 Å². The number of carboxylic acids is 1. The summed E-state index contributed by atoms with van der Waals surface area (Å²) in [4.78, 5) is 15.0. The Kier molecular flexibility index (Phi) is 2.00. The number of rotatable bonds is 1. The predicted molar refractivity (Wildman–Crippen MR) is 47.4 cm³/mol. The first-order chi connectivity index (χ1) is 6.27. The maximum atomic E-state index is 10.7. The molecule has 3 nitrogen and oxygen atoms in total. The van der Waals surface area contributed by atoms with Crippen molar-refractivity contribution >= 4 is 5.97 Å². The average Bonchev–Trinajstić information content (AvgIpc) is 2.17. The van der Waals surface area contributed by atoms with Gasteiger partial charge < -0.3 is 5.11 Å². The van der Waals surface area contributed by atoms with Crippen LogP contribution in [0.2, 0.25) is 0 Å². The van der Waals surface area contributed by atoms with Crippen molar-refractivity contribution < 1.29 is 9.90 Å². The van der Waals surface area contributed by atoms with E-state index in [2.05, 4.69) is 4.98 Å². The molecule has 0 fully saturated rings. The van der Waals surface area contributed by atoms with Gasteiger partial charge in [-0.1, -0.05) is 6.07 Å². The van der Waals surface area contributed by atoms with Crippen LogP contribution in [0.5, 0.6) is 0 Å². The Morgan fingerprint density at radius 2 is 2.46 bits per heavy atom. The predicted octanol–water partition coefficient (Wildman–Crippen LogP) is 1.27. The van der Waals surface area contributed by atoms with Crippen molar-refractivity contribution in [2.45, 2.75) is 19.3 Å². The minimum atomic E-state index is -0.686. The molecule has 0 bridgehead atoms. The van der Waals surface area contributed by atoms with Gasteiger partial charge in [-0.05, 0) is 30.9 Å². The summed E-state index contributed by atoms with van der Waals surface area (Å²) in [5, 5.41) is 8.84. The van der Waals surface area contributed by atoms with Crippen LogP contribution in [0.15, 0.2) is 18.3 Å². The summed E-state index contributed by atoms with van der Waals surface area (Å²) < 4.78 is 0. The zero-order chi connectivity index (χ0) is 9.26. The normalized spacial score (nSPS) is 20.8. The fourth-order valence-corrected chi connectivity index (χ4v) is 1.77. The number of fused-ring (bicyclic) bond motifs is 1. The molecule has 1 aliphatic rings. The first-order valence-corrected chi connectivity index (χ1v) is 4.43. The monoisotopic (exact) mass is 177 g/mol. The number of aryl methyl sites for hydroxylation is 1. The third kappa shape index (κ3) is 1.54. The molecule has 1 aromatic rings. The molecule has 1 N–H and O–H groups in total. The van der Waals surface area contributed by atoms with Crippen LogP contribution >= 0.6 is 0 Å². The smallest absolute Gasteiger partial charge is 0.306 e. The lowest BCUT2D eigenvalue weighted by Crippen LogP contribution is -2.22. The fraction of sp³-hybridized carbons (Fsp3) is 0.400. The minimum Gasteiger partial charge on any atom is -0.481 e. The van der Waals surface area contributed by atoms with Gasteiger partial charge in [0.25, 0.3) is 0 Å². The number of aromatic nitrogens is 1. The van der Waals surface area contributed by atoms with Gasteiger partial charge in [0.2, 0.25) is 0 Å². The SMILES string of the molecule is O=C(O)[C@H]1CCc2ncccc2C1. The molecule has 0 unspecified atom stereocenters. The van der Waals surface area contributed by atoms with Crippen molar-refractivity contribution in [2.24, 2.45) is 5.92 Å². The molecule has 3 heteroatoms. The van der Waals surface area contributed by atoms with Crippen LogP contribution in [0.3, 0.4) is 0 Å². The first-order valence-electron chi connectivity index (χ1n) is 4.43. The van der Waals surface area contributed by atoms with Crippen molar-refractivity contribution in [3.05, 3.63) is 29.6 Å². The Morgan fingerprint density at radius 3 is 3.23 bits per heavy atom. The van der Waals surface area contributed by atoms with Gasteiger partial charge in [0, 0.05) is 11.9 Å². The molecule has 13 heavy (non-hydrogen) atoms. The summed E-state index contributed by atoms with van der Waals surface area (Å²) in [6.07, 6.45) is 3.92. The van der Waals surface area contributed by atoms with Crippen LogP contribution in [0.25, 0.3) is 0 Å². The van der Waals surface area contributed by atoms with Gasteiger partial charge in [0.15, 0.2) is 0 Å². The zero-order valence-electron chi connectivity index (χ0n) is 7.23. The van der Waals surface area contributed by atoms with Crippen molar-refractivity contribution in [3.63, 3.8) is 0 Å². The van der Waals surface area contributed by atoms with Crippen LogP contribution in [0.4, 0.5) is 0 Å². The van der Waals surface area contributed by atoms with Crippen LogP contribution in [-0.4, -0.2) is 16.1 Å². The highest BCUT2D eigenvalue weighted by Crippen LogP contribution is 2.23. The van der Waals surface area contributed by atoms with E-state index in [1.54, 1.807) is 6.20 Å². The van der Waals surface area contributed by atoms with E-state index in [4.69, 9.17) is 5.11 Å². The second-order valence-corrected chi connectivity index (χ2v) is 3.39. The number of carboxylic acid groups (broad SMARTS) is 1. The Bertz CT molecular complexity index is 335. The average molecular weight is 177 g/mol. The number of aliphatic carboxylic acids is 1. The molecule has 1 atom stereocenters. The number of pyridine rings is 1. The van der Waals surface area contributed by atoms with Crippen molar-refractivity contribution in [3.8, 4) is 0 Å². The molecule has 0 saturated heterocycles. The van der Waals surface area contributed by atoms with Gasteiger partial charge in [0.05, 0.1) is 5.92 Å². The summed E-state index contributed by atoms with van der Waals surface area (Å²) in [5.41, 5.74) is 2.17. The van der Waals surface area contributed by atoms with E-state index in [1.807, 2.05) is 12.1 Å². The van der Waals surface area contributed by atoms with E-state index in [0.717, 1.165) is 24.1 Å². The maximum Gasteiger partial charge on any atom is 0.306 e. The molecule has 0 radical (unpaired) electrons. The summed E-state index contributed by atoms with van der Waals surface area (Å²) in [6.45, 7) is 0. The second-order valence-electron chi connectivity index (χ2n) is 3.39. The van der Waals surface area contributed by atoms with E-state index in [1.165, 1.54) is 0 Å². The third-order valence-electron chi connectivity index (χ3n) is 2.53. The van der Waals surface area contributed by atoms with Gasteiger partial charge in [-0.15, -0.1) is 0 Å². The molecular formula is C10H11NO2. The lowest BCUT2D eigenvalue weighted by atomic mass is 9.87. The Morgan fingerprint density at radius 1 is 1.62 bits per heavy atom. The van der Waals surface area contributed by atoms with E-state index in [-0.39, 0.29) is 5.92 Å². The maximum absolute atomic E-state index is 10.7. The van der Waals surface area contributed by atoms with Crippen LogP contribution < -0.4 is 0 Å². The van der Waals surface area contributed by atoms with Gasteiger partial charge in [-0.2, -0.15) is 0 Å². The molecule has 1 aromatic heterocycles. The molecule has 0 aliphatic heterocycles. The van der Waals surface area contributed by atoms with Crippen LogP contribution in [-0.2, 0) is 17.6 Å². The van der Waals surface area contributed by atoms with Gasteiger partial charge in [0.1, 0.15) is 0 Å². The van der Waals surface area contributed by atoms with Gasteiger partial charge in [-0.25, -0.2) is 0 Å². The summed E-state index contributed by atoms with van der Waals surface area (Å²) in [6, 6.07) is 3.83. The summed E-state index contributed by atoms with van der Waals surface area (Å²) >= 11 is 0. The quantitative estimate of drug-likeness (QED) is 0.702. The lowest BCUT2D eigenvalue weighted by Gasteiger charge is -2.19. The topological polar surface area (TPSA) is 50.2 Å². The number of nitrogens with zero attached hydrogens (tertiary/aromatic N) is 1. The molecule has 1 heterocycles. The zero-order valence-corrected chi connectivity index (χ0v) is 7.23. The van der Waals surface area contributed by atoms with E-state index < -0.39 is 5.97 Å². The minimum absolute atomic E-state index is 0.211. The number of hydrogen-bond donors (Lipinski definition) is 1. The fourth-order valence-electron chi connectivity index (χ4n) is 1.77. The highest BCUT2D eigenvalue weighted by molar-refractivity contribution is 5.70. The molecule has 2 rings (SSSR count). The Balaban J connectivity index is 2.24. The van der Waals surface area contributed by atoms with Crippen molar-refractivity contribution in [1.29, 1.82) is 0 Å². The number of hydrogen-bond acceptors (Lipinski definition) is 2. The van der Waals surface area contributed by atoms with E-state index in [0.29, 0.717) is 6.42 Å². The lowest BCUT2D eigenvalue weighted by molar-refractivity contribution is -0.142. The highest BCUT2D eigenvalue weighted by Gasteiger charge is 2.24. The molecule has 1 aliphatic carbocycles. The Hall–Kier alpha value is -1.38. The summed E-state index contributed by atoms with van der Waals surface area (Å²) in [7, 11) is 0. The van der Waals surface area contributed by atoms with E-state index in [9.17, 15) is 4.79 Å². The molecule has 0 amide bonds. The highest BCUT2D eigenvalue weighted by atomic mass is 16.4.